The van der Waals surface area contributed by atoms with Crippen molar-refractivity contribution in [2.75, 3.05) is 16.3 Å². The number of carbonyl (C=O) groups is 1. The van der Waals surface area contributed by atoms with Crippen LogP contribution in [0.25, 0.3) is 0 Å². The highest BCUT2D eigenvalue weighted by Crippen LogP contribution is 2.29. The predicted molar refractivity (Wildman–Crippen MR) is 72.4 cm³/mol. The molecular weight excluding hydrogens is 290 g/mol. The van der Waals surface area contributed by atoms with Crippen molar-refractivity contribution >= 4 is 37.5 Å². The van der Waals surface area contributed by atoms with Crippen molar-refractivity contribution in [3.63, 3.8) is 0 Å². The fourth-order valence-electron chi connectivity index (χ4n) is 1.93. The summed E-state index contributed by atoms with van der Waals surface area (Å²) >= 11 is 0.946. The van der Waals surface area contributed by atoms with Gasteiger partial charge in [-0.25, -0.2) is 8.42 Å². The van der Waals surface area contributed by atoms with Crippen molar-refractivity contribution in [3.05, 3.63) is 0 Å². The average Bonchev–Trinajstić information content (AvgIpc) is 2.87. The molecule has 0 aliphatic heterocycles. The van der Waals surface area contributed by atoms with Crippen molar-refractivity contribution in [1.29, 1.82) is 0 Å². The Bertz CT molecular complexity index is 576. The molecule has 1 heterocycles. The van der Waals surface area contributed by atoms with E-state index in [1.54, 1.807) is 0 Å². The summed E-state index contributed by atoms with van der Waals surface area (Å²) in [6.45, 7) is 0. The normalized spacial score (nSPS) is 18.2. The summed E-state index contributed by atoms with van der Waals surface area (Å²) in [6, 6.07) is 0. The molecule has 1 aliphatic rings. The maximum absolute atomic E-state index is 12.0. The Labute approximate surface area is 114 Å². The highest BCUT2D eigenvalue weighted by Gasteiger charge is 2.37. The molecule has 1 saturated carbocycles. The van der Waals surface area contributed by atoms with Crippen LogP contribution in [0, 0.1) is 0 Å². The Morgan fingerprint density at radius 1 is 1.32 bits per heavy atom. The number of carbonyl (C=O) groups excluding carboxylic acids is 1. The van der Waals surface area contributed by atoms with E-state index >= 15 is 0 Å². The molecule has 0 radical (unpaired) electrons. The van der Waals surface area contributed by atoms with Gasteiger partial charge in [0, 0.05) is 0 Å². The Balaban J connectivity index is 2.02. The third-order valence-corrected chi connectivity index (χ3v) is 4.31. The van der Waals surface area contributed by atoms with E-state index in [-0.39, 0.29) is 16.2 Å². The van der Waals surface area contributed by atoms with Crippen LogP contribution < -0.4 is 15.8 Å². The zero-order valence-electron chi connectivity index (χ0n) is 10.3. The van der Waals surface area contributed by atoms with Crippen LogP contribution in [0.5, 0.6) is 0 Å². The lowest BCUT2D eigenvalue weighted by Gasteiger charge is -2.20. The smallest absolute Gasteiger partial charge is 0.246 e. The maximum Gasteiger partial charge on any atom is 0.246 e. The number of amides is 1. The molecule has 1 aliphatic carbocycles. The summed E-state index contributed by atoms with van der Waals surface area (Å²) in [5, 5.41) is 10.2. The van der Waals surface area contributed by atoms with Crippen LogP contribution in [-0.4, -0.2) is 36.3 Å². The first-order valence-electron chi connectivity index (χ1n) is 5.70. The number of hydrogen-bond donors (Lipinski definition) is 3. The van der Waals surface area contributed by atoms with Crippen molar-refractivity contribution in [3.8, 4) is 0 Å². The fraction of sp³-hybridized carbons (Fsp3) is 0.667. The molecule has 0 saturated heterocycles. The van der Waals surface area contributed by atoms with Gasteiger partial charge in [0.05, 0.1) is 11.8 Å². The van der Waals surface area contributed by atoms with Gasteiger partial charge in [0.15, 0.2) is 0 Å². The average molecular weight is 305 g/mol. The number of anilines is 2. The minimum Gasteiger partial charge on any atom is -0.317 e. The van der Waals surface area contributed by atoms with E-state index < -0.39 is 15.6 Å². The molecule has 1 fully saturated rings. The lowest BCUT2D eigenvalue weighted by Crippen LogP contribution is -2.48. The molecule has 2 rings (SSSR count). The zero-order valence-corrected chi connectivity index (χ0v) is 12.0. The molecule has 0 aromatic carbocycles. The lowest BCUT2D eigenvalue weighted by atomic mass is 9.98. The second kappa shape index (κ2) is 5.02. The van der Waals surface area contributed by atoms with Crippen molar-refractivity contribution in [2.45, 2.75) is 31.2 Å². The summed E-state index contributed by atoms with van der Waals surface area (Å²) in [7, 11) is -3.40. The number of nitrogens with one attached hydrogen (secondary N) is 2. The molecule has 0 atom stereocenters. The summed E-state index contributed by atoms with van der Waals surface area (Å²) in [6.07, 6.45) is 4.17. The fourth-order valence-corrected chi connectivity index (χ4v) is 3.40. The minimum absolute atomic E-state index is 0.107. The second-order valence-corrected chi connectivity index (χ2v) is 7.33. The second-order valence-electron chi connectivity index (χ2n) is 4.60. The van der Waals surface area contributed by atoms with Crippen molar-refractivity contribution in [2.24, 2.45) is 5.73 Å². The number of rotatable bonds is 4. The van der Waals surface area contributed by atoms with Crippen molar-refractivity contribution in [1.82, 2.24) is 10.2 Å². The number of nitrogens with zero attached hydrogens (tertiary/aromatic N) is 2. The first-order valence-corrected chi connectivity index (χ1v) is 8.41. The SMILES string of the molecule is CS(=O)(=O)Nc1nnc(NC(=O)C2(N)CCCC2)s1. The van der Waals surface area contributed by atoms with E-state index in [2.05, 4.69) is 20.2 Å². The van der Waals surface area contributed by atoms with Crippen LogP contribution in [-0.2, 0) is 14.8 Å². The Hall–Kier alpha value is -1.26. The van der Waals surface area contributed by atoms with Gasteiger partial charge in [-0.3, -0.25) is 14.8 Å². The van der Waals surface area contributed by atoms with Gasteiger partial charge >= 0.3 is 0 Å². The number of aromatic nitrogens is 2. The van der Waals surface area contributed by atoms with E-state index in [0.29, 0.717) is 12.8 Å². The molecule has 1 aromatic heterocycles. The first-order chi connectivity index (χ1) is 8.78. The highest BCUT2D eigenvalue weighted by atomic mass is 32.2. The topological polar surface area (TPSA) is 127 Å². The number of sulfonamides is 1. The predicted octanol–water partition coefficient (Wildman–Crippen LogP) is 0.120. The monoisotopic (exact) mass is 305 g/mol. The van der Waals surface area contributed by atoms with Gasteiger partial charge < -0.3 is 5.73 Å². The Morgan fingerprint density at radius 2 is 1.89 bits per heavy atom. The van der Waals surface area contributed by atoms with E-state index in [1.165, 1.54) is 0 Å². The van der Waals surface area contributed by atoms with Gasteiger partial charge in [-0.2, -0.15) is 0 Å². The summed E-state index contributed by atoms with van der Waals surface area (Å²) in [5.74, 6) is -0.299. The summed E-state index contributed by atoms with van der Waals surface area (Å²) in [5.41, 5.74) is 5.14. The van der Waals surface area contributed by atoms with Crippen LogP contribution >= 0.6 is 11.3 Å². The van der Waals surface area contributed by atoms with Gasteiger partial charge in [-0.1, -0.05) is 24.2 Å². The van der Waals surface area contributed by atoms with Gasteiger partial charge in [0.25, 0.3) is 0 Å². The van der Waals surface area contributed by atoms with Crippen LogP contribution in [0.3, 0.4) is 0 Å². The molecule has 106 valence electrons. The van der Waals surface area contributed by atoms with Crippen molar-refractivity contribution < 1.29 is 13.2 Å². The zero-order chi connectivity index (χ0) is 14.1. The molecule has 8 nitrogen and oxygen atoms in total. The minimum atomic E-state index is -3.40. The van der Waals surface area contributed by atoms with Crippen LogP contribution in [0.4, 0.5) is 10.3 Å². The Morgan fingerprint density at radius 3 is 2.47 bits per heavy atom. The Kier molecular flexibility index (Phi) is 3.74. The molecule has 0 spiro atoms. The molecule has 1 aromatic rings. The lowest BCUT2D eigenvalue weighted by molar-refractivity contribution is -0.121. The van der Waals surface area contributed by atoms with Gasteiger partial charge in [-0.15, -0.1) is 10.2 Å². The quantitative estimate of drug-likeness (QED) is 0.725. The van der Waals surface area contributed by atoms with Gasteiger partial charge in [0.1, 0.15) is 0 Å². The molecule has 0 bridgehead atoms. The van der Waals surface area contributed by atoms with Gasteiger partial charge in [-0.05, 0) is 12.8 Å². The largest absolute Gasteiger partial charge is 0.317 e. The molecule has 0 unspecified atom stereocenters. The molecular formula is C9H15N5O3S2. The molecule has 1 amide bonds. The number of nitrogens with two attached hydrogens (primary N) is 1. The van der Waals surface area contributed by atoms with Gasteiger partial charge in [0.2, 0.25) is 26.2 Å². The van der Waals surface area contributed by atoms with E-state index in [4.69, 9.17) is 5.73 Å². The number of hydrogen-bond acceptors (Lipinski definition) is 7. The highest BCUT2D eigenvalue weighted by molar-refractivity contribution is 7.92. The molecule has 19 heavy (non-hydrogen) atoms. The van der Waals surface area contributed by atoms with Crippen LogP contribution in [0.15, 0.2) is 0 Å². The maximum atomic E-state index is 12.0. The third kappa shape index (κ3) is 3.61. The molecule has 4 N–H and O–H groups in total. The van der Waals surface area contributed by atoms with Crippen LogP contribution in [0.2, 0.25) is 0 Å². The third-order valence-electron chi connectivity index (χ3n) is 2.87. The molecule has 10 heteroatoms. The summed E-state index contributed by atoms with van der Waals surface area (Å²) in [4.78, 5) is 12.0. The van der Waals surface area contributed by atoms with E-state index in [1.807, 2.05) is 0 Å². The van der Waals surface area contributed by atoms with E-state index in [0.717, 1.165) is 30.4 Å². The standard InChI is InChI=1S/C9H15N5O3S2/c1-19(16,17)14-8-13-12-7(18-8)11-6(15)9(10)4-2-3-5-9/h2-5,10H2,1H3,(H,13,14)(H,11,12,15). The summed E-state index contributed by atoms with van der Waals surface area (Å²) < 4.78 is 24.2. The first kappa shape index (κ1) is 14.2. The van der Waals surface area contributed by atoms with E-state index in [9.17, 15) is 13.2 Å². The van der Waals surface area contributed by atoms with Crippen LogP contribution in [0.1, 0.15) is 25.7 Å².